The molecule has 0 spiro atoms. The van der Waals surface area contributed by atoms with Gasteiger partial charge in [0.15, 0.2) is 11.6 Å². The lowest BCUT2D eigenvalue weighted by Gasteiger charge is -2.57. The first kappa shape index (κ1) is 18.1. The van der Waals surface area contributed by atoms with Gasteiger partial charge in [0.1, 0.15) is 6.54 Å². The van der Waals surface area contributed by atoms with Crippen molar-refractivity contribution < 1.29 is 18.8 Å². The Hall–Kier alpha value is -1.34. The predicted molar refractivity (Wildman–Crippen MR) is 115 cm³/mol. The lowest BCUT2D eigenvalue weighted by atomic mass is 9.49. The number of carbonyl (C=O) groups is 1. The Labute approximate surface area is 189 Å². The van der Waals surface area contributed by atoms with E-state index in [0.29, 0.717) is 48.3 Å². The van der Waals surface area contributed by atoms with Crippen molar-refractivity contribution in [1.29, 1.82) is 0 Å². The zero-order valence-electron chi connectivity index (χ0n) is 21.8. The first-order valence-corrected chi connectivity index (χ1v) is 12.1. The van der Waals surface area contributed by atoms with Crippen molar-refractivity contribution in [3.8, 4) is 0 Å². The molecular weight excluding hydrogens is 392 g/mol. The minimum atomic E-state index is -2.46. The second-order valence-electron chi connectivity index (χ2n) is 11.2. The smallest absolute Gasteiger partial charge is 0.171 e. The molecule has 1 N–H and O–H groups in total. The Bertz CT molecular complexity index is 924. The van der Waals surface area contributed by atoms with E-state index >= 15 is 0 Å². The highest BCUT2D eigenvalue weighted by Gasteiger charge is 2.59. The van der Waals surface area contributed by atoms with E-state index in [1.807, 2.05) is 0 Å². The van der Waals surface area contributed by atoms with Gasteiger partial charge < -0.3 is 9.84 Å². The SMILES string of the molecule is [2H]C([2H])([2H])OC[C@@]1(O)CC[C@H]2[C@@H](CC[C@@H]3[C@@H]2CC[C@]2(C)[C@@H](C(=O)Cn4nnc(C)n4)CC[C@@H]32)C1. The molecule has 0 radical (unpaired) electrons. The van der Waals surface area contributed by atoms with Gasteiger partial charge >= 0.3 is 0 Å². The summed E-state index contributed by atoms with van der Waals surface area (Å²) in [6.45, 7) is 4.24. The molecule has 4 saturated carbocycles. The minimum Gasteiger partial charge on any atom is -0.387 e. The monoisotopic (exact) mass is 433 g/mol. The highest BCUT2D eigenvalue weighted by atomic mass is 16.5. The van der Waals surface area contributed by atoms with Crippen LogP contribution in [0.5, 0.6) is 0 Å². The van der Waals surface area contributed by atoms with E-state index in [1.165, 1.54) is 4.80 Å². The fourth-order valence-corrected chi connectivity index (χ4v) is 8.40. The molecule has 7 heteroatoms. The molecule has 1 aromatic heterocycles. The lowest BCUT2D eigenvalue weighted by Crippen LogP contribution is -2.52. The number of ether oxygens (including phenoxy) is 1. The van der Waals surface area contributed by atoms with Gasteiger partial charge in [0.2, 0.25) is 0 Å². The van der Waals surface area contributed by atoms with Crippen molar-refractivity contribution >= 4 is 5.78 Å². The largest absolute Gasteiger partial charge is 0.387 e. The summed E-state index contributed by atoms with van der Waals surface area (Å²) >= 11 is 0. The standard InChI is InChI=1S/C24H38N4O3/c1-15-25-27-28(26-15)13-22(29)21-7-6-20-19-5-4-16-12-24(30,14-31-3)11-9-17(16)18(19)8-10-23(20,21)2/h16-21,30H,4-14H2,1-3H3/t16-,17-,18+,19+,20-,21+,23-,24+/m0/s1/i3D3. The molecule has 0 aromatic carbocycles. The number of hydrogen-bond acceptors (Lipinski definition) is 6. The van der Waals surface area contributed by atoms with Gasteiger partial charge in [-0.25, -0.2) is 0 Å². The molecule has 1 aromatic rings. The number of aromatic nitrogens is 4. The third-order valence-corrected chi connectivity index (χ3v) is 9.68. The van der Waals surface area contributed by atoms with Crippen LogP contribution in [-0.4, -0.2) is 50.3 Å². The zero-order valence-corrected chi connectivity index (χ0v) is 18.8. The number of nitrogens with zero attached hydrogens (tertiary/aromatic N) is 4. The van der Waals surface area contributed by atoms with E-state index < -0.39 is 12.6 Å². The van der Waals surface area contributed by atoms with Crippen LogP contribution in [0.4, 0.5) is 0 Å². The van der Waals surface area contributed by atoms with E-state index in [4.69, 9.17) is 8.85 Å². The van der Waals surface area contributed by atoms with Gasteiger partial charge in [-0.2, -0.15) is 4.80 Å². The van der Waals surface area contributed by atoms with Crippen LogP contribution in [0, 0.1) is 47.8 Å². The van der Waals surface area contributed by atoms with Crippen molar-refractivity contribution in [2.24, 2.45) is 40.9 Å². The van der Waals surface area contributed by atoms with Crippen LogP contribution in [0.15, 0.2) is 0 Å². The molecule has 4 aliphatic carbocycles. The van der Waals surface area contributed by atoms with Crippen molar-refractivity contribution in [2.45, 2.75) is 83.8 Å². The molecule has 0 aliphatic heterocycles. The van der Waals surface area contributed by atoms with Gasteiger partial charge in [-0.15, -0.1) is 10.2 Å². The summed E-state index contributed by atoms with van der Waals surface area (Å²) < 4.78 is 26.9. The number of Topliss-reactive ketones (excluding diaryl/α,β-unsaturated/α-hetero) is 1. The van der Waals surface area contributed by atoms with Crippen LogP contribution < -0.4 is 0 Å². The maximum atomic E-state index is 13.3. The highest BCUT2D eigenvalue weighted by Crippen LogP contribution is 2.64. The lowest BCUT2D eigenvalue weighted by molar-refractivity contribution is -0.137. The molecule has 1 heterocycles. The second kappa shape index (κ2) is 7.91. The van der Waals surface area contributed by atoms with Crippen LogP contribution in [0.2, 0.25) is 0 Å². The molecule has 7 nitrogen and oxygen atoms in total. The molecule has 0 bridgehead atoms. The third-order valence-electron chi connectivity index (χ3n) is 9.68. The predicted octanol–water partition coefficient (Wildman–Crippen LogP) is 3.20. The van der Waals surface area contributed by atoms with Crippen molar-refractivity contribution in [1.82, 2.24) is 20.2 Å². The van der Waals surface area contributed by atoms with E-state index in [-0.39, 0.29) is 30.3 Å². The van der Waals surface area contributed by atoms with E-state index in [9.17, 15) is 9.90 Å². The van der Waals surface area contributed by atoms with Gasteiger partial charge in [-0.1, -0.05) is 6.92 Å². The normalized spacial score (nSPS) is 46.2. The summed E-state index contributed by atoms with van der Waals surface area (Å²) in [5.74, 6) is 3.80. The summed E-state index contributed by atoms with van der Waals surface area (Å²) in [4.78, 5) is 14.7. The maximum Gasteiger partial charge on any atom is 0.171 e. The quantitative estimate of drug-likeness (QED) is 0.767. The zero-order chi connectivity index (χ0) is 24.3. The van der Waals surface area contributed by atoms with Crippen LogP contribution >= 0.6 is 0 Å². The van der Waals surface area contributed by atoms with E-state index in [1.54, 1.807) is 6.92 Å². The number of aryl methyl sites for hydroxylation is 1. The van der Waals surface area contributed by atoms with Crippen LogP contribution in [0.25, 0.3) is 0 Å². The Balaban J connectivity index is 1.24. The van der Waals surface area contributed by atoms with Gasteiger partial charge in [0.05, 0.1) is 16.3 Å². The maximum absolute atomic E-state index is 13.3. The molecule has 0 saturated heterocycles. The fourth-order valence-electron chi connectivity index (χ4n) is 8.40. The van der Waals surface area contributed by atoms with Gasteiger partial charge in [-0.3, -0.25) is 4.79 Å². The van der Waals surface area contributed by atoms with Crippen molar-refractivity contribution in [3.63, 3.8) is 0 Å². The average Bonchev–Trinajstić information content (AvgIpc) is 3.33. The summed E-state index contributed by atoms with van der Waals surface area (Å²) in [6.07, 6.45) is 8.72. The number of tetrazole rings is 1. The fraction of sp³-hybridized carbons (Fsp3) is 0.917. The summed E-state index contributed by atoms with van der Waals surface area (Å²) in [7, 11) is -2.46. The number of hydrogen-bond donors (Lipinski definition) is 1. The molecular formula is C24H38N4O3. The topological polar surface area (TPSA) is 90.1 Å². The number of fused-ring (bicyclic) bond motifs is 5. The van der Waals surface area contributed by atoms with Crippen molar-refractivity contribution in [3.05, 3.63) is 5.82 Å². The third kappa shape index (κ3) is 3.65. The number of ketones is 1. The van der Waals surface area contributed by atoms with Crippen LogP contribution in [-0.2, 0) is 16.1 Å². The van der Waals surface area contributed by atoms with E-state index in [2.05, 4.69) is 22.3 Å². The van der Waals surface area contributed by atoms with Gasteiger partial charge in [-0.05, 0) is 105 Å². The average molecular weight is 434 g/mol. The Morgan fingerprint density at radius 2 is 2.03 bits per heavy atom. The Morgan fingerprint density at radius 3 is 2.81 bits per heavy atom. The van der Waals surface area contributed by atoms with Gasteiger partial charge in [0.25, 0.3) is 0 Å². The molecule has 0 unspecified atom stereocenters. The Morgan fingerprint density at radius 1 is 1.19 bits per heavy atom. The van der Waals surface area contributed by atoms with Gasteiger partial charge in [0, 0.05) is 13.0 Å². The molecule has 4 fully saturated rings. The number of aliphatic hydroxyl groups is 1. The summed E-state index contributed by atoms with van der Waals surface area (Å²) in [5.41, 5.74) is -0.978. The van der Waals surface area contributed by atoms with E-state index in [0.717, 1.165) is 44.9 Å². The molecule has 31 heavy (non-hydrogen) atoms. The molecule has 8 atom stereocenters. The minimum absolute atomic E-state index is 0.0453. The molecule has 4 aliphatic rings. The summed E-state index contributed by atoms with van der Waals surface area (Å²) in [5, 5.41) is 23.2. The molecule has 5 rings (SSSR count). The number of carbonyl (C=O) groups excluding carboxylic acids is 1. The molecule has 172 valence electrons. The number of methoxy groups -OCH3 is 1. The van der Waals surface area contributed by atoms with Crippen LogP contribution in [0.3, 0.4) is 0 Å². The Kier molecular flexibility index (Phi) is 4.62. The van der Waals surface area contributed by atoms with Crippen molar-refractivity contribution in [2.75, 3.05) is 13.6 Å². The highest BCUT2D eigenvalue weighted by molar-refractivity contribution is 5.81. The second-order valence-corrected chi connectivity index (χ2v) is 11.2. The first-order chi connectivity index (χ1) is 16.0. The number of rotatable bonds is 5. The first-order valence-electron chi connectivity index (χ1n) is 13.6. The summed E-state index contributed by atoms with van der Waals surface area (Å²) in [6, 6.07) is 0. The molecule has 0 amide bonds. The van der Waals surface area contributed by atoms with Crippen LogP contribution in [0.1, 0.15) is 74.6 Å².